The fourth-order valence-corrected chi connectivity index (χ4v) is 4.19. The maximum Gasteiger partial charge on any atom is 0.347 e. The zero-order valence-corrected chi connectivity index (χ0v) is 15.3. The number of carbonyl (C=O) groups excluding carboxylic acids is 1. The smallest absolute Gasteiger partial charge is 0.347 e. The monoisotopic (exact) mass is 373 g/mol. The number of esters is 1. The highest BCUT2D eigenvalue weighted by Gasteiger charge is 2.47. The van der Waals surface area contributed by atoms with Crippen LogP contribution in [0.1, 0.15) is 24.0 Å². The molecule has 2 unspecified atom stereocenters. The largest absolute Gasteiger partial charge is 0.459 e. The molecule has 0 amide bonds. The van der Waals surface area contributed by atoms with Gasteiger partial charge in [-0.15, -0.1) is 12.4 Å². The highest BCUT2D eigenvalue weighted by molar-refractivity contribution is 5.86. The number of aliphatic hydroxyl groups is 1. The normalized spacial score (nSPS) is 24.6. The summed E-state index contributed by atoms with van der Waals surface area (Å²) in [7, 11) is 0. The minimum absolute atomic E-state index is 0. The van der Waals surface area contributed by atoms with Crippen molar-refractivity contribution >= 4 is 18.4 Å². The number of nitrogens with one attached hydrogen (secondary N) is 1. The minimum Gasteiger partial charge on any atom is -0.459 e. The van der Waals surface area contributed by atoms with Crippen molar-refractivity contribution in [2.24, 2.45) is 11.8 Å². The molecule has 2 atom stereocenters. The van der Waals surface area contributed by atoms with E-state index in [0.717, 1.165) is 25.9 Å². The van der Waals surface area contributed by atoms with Gasteiger partial charge in [-0.3, -0.25) is 0 Å². The van der Waals surface area contributed by atoms with E-state index >= 15 is 0 Å². The Morgan fingerprint density at radius 3 is 1.85 bits per heavy atom. The Bertz CT molecular complexity index is 682. The van der Waals surface area contributed by atoms with Crippen LogP contribution in [0, 0.1) is 11.8 Å². The molecule has 138 valence electrons. The summed E-state index contributed by atoms with van der Waals surface area (Å²) in [5.41, 5.74) is -0.715. The van der Waals surface area contributed by atoms with Gasteiger partial charge in [0, 0.05) is 24.9 Å². The van der Waals surface area contributed by atoms with Crippen LogP contribution < -0.4 is 5.32 Å². The SMILES string of the molecule is Cl.O=C(OC1C2CCC1CNC2)C(O)(c1ccccc1)c1ccccc1. The molecule has 0 spiro atoms. The van der Waals surface area contributed by atoms with Crippen LogP contribution in [-0.4, -0.2) is 30.3 Å². The maximum absolute atomic E-state index is 13.2. The third-order valence-electron chi connectivity index (χ3n) is 5.57. The van der Waals surface area contributed by atoms with Crippen LogP contribution in [0.3, 0.4) is 0 Å². The Hall–Kier alpha value is -1.88. The van der Waals surface area contributed by atoms with Gasteiger partial charge in [0.1, 0.15) is 6.10 Å². The molecule has 0 aromatic heterocycles. The molecule has 2 bridgehead atoms. The van der Waals surface area contributed by atoms with Crippen LogP contribution in [0.5, 0.6) is 0 Å². The first-order chi connectivity index (χ1) is 12.2. The Morgan fingerprint density at radius 2 is 1.38 bits per heavy atom. The summed E-state index contributed by atoms with van der Waals surface area (Å²) in [6.45, 7) is 1.76. The molecule has 1 aliphatic heterocycles. The molecule has 1 saturated carbocycles. The van der Waals surface area contributed by atoms with E-state index in [1.54, 1.807) is 24.3 Å². The molecular weight excluding hydrogens is 350 g/mol. The first-order valence-electron chi connectivity index (χ1n) is 8.95. The maximum atomic E-state index is 13.2. The van der Waals surface area contributed by atoms with Gasteiger partial charge in [-0.25, -0.2) is 4.79 Å². The lowest BCUT2D eigenvalue weighted by molar-refractivity contribution is -0.172. The fourth-order valence-electron chi connectivity index (χ4n) is 4.19. The Kier molecular flexibility index (Phi) is 5.66. The van der Waals surface area contributed by atoms with Crippen LogP contribution in [-0.2, 0) is 15.1 Å². The predicted octanol–water partition coefficient (Wildman–Crippen LogP) is 2.89. The minimum atomic E-state index is -1.78. The summed E-state index contributed by atoms with van der Waals surface area (Å²) in [6, 6.07) is 18.1. The van der Waals surface area contributed by atoms with E-state index in [0.29, 0.717) is 23.0 Å². The van der Waals surface area contributed by atoms with Gasteiger partial charge >= 0.3 is 5.97 Å². The van der Waals surface area contributed by atoms with Crippen molar-refractivity contribution in [2.75, 3.05) is 13.1 Å². The van der Waals surface area contributed by atoms with Gasteiger partial charge in [0.15, 0.2) is 0 Å². The Balaban J connectivity index is 0.00000196. The molecule has 0 radical (unpaired) electrons. The average Bonchev–Trinajstić information content (AvgIpc) is 2.89. The number of ether oxygens (including phenoxy) is 1. The van der Waals surface area contributed by atoms with E-state index in [1.165, 1.54) is 0 Å². The Morgan fingerprint density at radius 1 is 0.923 bits per heavy atom. The molecule has 2 N–H and O–H groups in total. The first-order valence-corrected chi connectivity index (χ1v) is 8.95. The van der Waals surface area contributed by atoms with Crippen molar-refractivity contribution in [3.63, 3.8) is 0 Å². The number of piperidine rings is 1. The van der Waals surface area contributed by atoms with Gasteiger partial charge in [-0.1, -0.05) is 60.7 Å². The van der Waals surface area contributed by atoms with Gasteiger partial charge in [0.05, 0.1) is 0 Å². The van der Waals surface area contributed by atoms with E-state index < -0.39 is 11.6 Å². The first kappa shape index (κ1) is 18.9. The van der Waals surface area contributed by atoms with Gasteiger partial charge in [0.25, 0.3) is 0 Å². The summed E-state index contributed by atoms with van der Waals surface area (Å²) in [6.07, 6.45) is 2.04. The molecule has 5 heteroatoms. The zero-order chi connectivity index (χ0) is 17.3. The summed E-state index contributed by atoms with van der Waals surface area (Å²) in [5, 5.41) is 14.9. The zero-order valence-electron chi connectivity index (χ0n) is 14.5. The number of hydrogen-bond donors (Lipinski definition) is 2. The molecule has 26 heavy (non-hydrogen) atoms. The van der Waals surface area contributed by atoms with E-state index in [-0.39, 0.29) is 18.5 Å². The summed E-state index contributed by atoms with van der Waals surface area (Å²) in [5.74, 6) is 0.116. The van der Waals surface area contributed by atoms with Crippen LogP contribution in [0.15, 0.2) is 60.7 Å². The fraction of sp³-hybridized carbons (Fsp3) is 0.381. The van der Waals surface area contributed by atoms with Crippen molar-refractivity contribution in [3.8, 4) is 0 Å². The quantitative estimate of drug-likeness (QED) is 0.809. The number of benzene rings is 2. The second kappa shape index (κ2) is 7.78. The molecule has 2 fully saturated rings. The van der Waals surface area contributed by atoms with Crippen LogP contribution >= 0.6 is 12.4 Å². The summed E-state index contributed by atoms with van der Waals surface area (Å²) in [4.78, 5) is 13.2. The van der Waals surface area contributed by atoms with Crippen molar-refractivity contribution in [2.45, 2.75) is 24.5 Å². The number of hydrogen-bond acceptors (Lipinski definition) is 4. The second-order valence-corrected chi connectivity index (χ2v) is 7.07. The molecule has 2 aromatic rings. The molecule has 2 aliphatic rings. The van der Waals surface area contributed by atoms with Crippen molar-refractivity contribution in [3.05, 3.63) is 71.8 Å². The Labute approximate surface area is 160 Å². The van der Waals surface area contributed by atoms with Gasteiger partial charge in [0.2, 0.25) is 5.60 Å². The standard InChI is InChI=1S/C21H23NO3.ClH/c23-20(25-19-15-11-12-16(19)14-22-13-15)21(24,17-7-3-1-4-8-17)18-9-5-2-6-10-18;/h1-10,15-16,19,22,24H,11-14H2;1H. The third-order valence-corrected chi connectivity index (χ3v) is 5.57. The molecular formula is C21H24ClNO3. The predicted molar refractivity (Wildman–Crippen MR) is 102 cm³/mol. The van der Waals surface area contributed by atoms with Crippen molar-refractivity contribution in [1.82, 2.24) is 5.32 Å². The van der Waals surface area contributed by atoms with Crippen molar-refractivity contribution < 1.29 is 14.6 Å². The molecule has 4 rings (SSSR count). The topological polar surface area (TPSA) is 58.6 Å². The summed E-state index contributed by atoms with van der Waals surface area (Å²) < 4.78 is 5.92. The van der Waals surface area contributed by atoms with Crippen LogP contribution in [0.25, 0.3) is 0 Å². The van der Waals surface area contributed by atoms with E-state index in [9.17, 15) is 9.90 Å². The van der Waals surface area contributed by atoms with E-state index in [2.05, 4.69) is 5.32 Å². The van der Waals surface area contributed by atoms with Gasteiger partial charge < -0.3 is 15.2 Å². The number of carbonyl (C=O) groups is 1. The van der Waals surface area contributed by atoms with Crippen LogP contribution in [0.4, 0.5) is 0 Å². The number of rotatable bonds is 4. The van der Waals surface area contributed by atoms with Gasteiger partial charge in [-0.2, -0.15) is 0 Å². The average molecular weight is 374 g/mol. The summed E-state index contributed by atoms with van der Waals surface area (Å²) >= 11 is 0. The van der Waals surface area contributed by atoms with Gasteiger partial charge in [-0.05, 0) is 24.0 Å². The molecule has 1 saturated heterocycles. The number of fused-ring (bicyclic) bond motifs is 2. The third kappa shape index (κ3) is 3.25. The lowest BCUT2D eigenvalue weighted by Gasteiger charge is -2.34. The molecule has 1 aliphatic carbocycles. The molecule has 1 heterocycles. The molecule has 4 nitrogen and oxygen atoms in total. The highest BCUT2D eigenvalue weighted by Crippen LogP contribution is 2.38. The van der Waals surface area contributed by atoms with Crippen LogP contribution in [0.2, 0.25) is 0 Å². The highest BCUT2D eigenvalue weighted by atomic mass is 35.5. The van der Waals surface area contributed by atoms with E-state index in [4.69, 9.17) is 4.74 Å². The lowest BCUT2D eigenvalue weighted by Crippen LogP contribution is -2.47. The van der Waals surface area contributed by atoms with Crippen molar-refractivity contribution in [1.29, 1.82) is 0 Å². The second-order valence-electron chi connectivity index (χ2n) is 7.07. The van der Waals surface area contributed by atoms with E-state index in [1.807, 2.05) is 36.4 Å². The lowest BCUT2D eigenvalue weighted by atomic mass is 9.86. The number of halogens is 1. The molecule has 2 aromatic carbocycles.